The third-order valence-corrected chi connectivity index (χ3v) is 5.71. The molecule has 7 heteroatoms. The number of carbonyl (C=O) groups is 1. The lowest BCUT2D eigenvalue weighted by atomic mass is 10.1. The van der Waals surface area contributed by atoms with Gasteiger partial charge in [0.25, 0.3) is 5.91 Å². The molecule has 1 N–H and O–H groups in total. The van der Waals surface area contributed by atoms with Crippen LogP contribution in [0.5, 0.6) is 0 Å². The van der Waals surface area contributed by atoms with Crippen molar-refractivity contribution in [3.8, 4) is 0 Å². The first-order chi connectivity index (χ1) is 15.2. The van der Waals surface area contributed by atoms with Crippen molar-refractivity contribution in [1.82, 2.24) is 20.1 Å². The van der Waals surface area contributed by atoms with Crippen LogP contribution < -0.4 is 5.32 Å². The molecule has 0 bridgehead atoms. The fourth-order valence-corrected chi connectivity index (χ4v) is 3.92. The standard InChI is InChI=1S/C24H28FN5O/c25-20-9-7-19(8-10-20)23(28-17-21-5-1-3-11-26-21)18-29-13-15-30(16-14-29)24(31)22-6-2-4-12-27-22/h1-2,4-10,12,23,28H,3,11,13-18H2. The summed E-state index contributed by atoms with van der Waals surface area (Å²) in [6.07, 6.45) is 6.86. The Bertz CT molecular complexity index is 921. The van der Waals surface area contributed by atoms with Crippen LogP contribution in [0.2, 0.25) is 0 Å². The van der Waals surface area contributed by atoms with Gasteiger partial charge < -0.3 is 10.2 Å². The molecule has 31 heavy (non-hydrogen) atoms. The third-order valence-electron chi connectivity index (χ3n) is 5.71. The minimum absolute atomic E-state index is 0.0180. The average Bonchev–Trinajstić information content (AvgIpc) is 2.83. The molecule has 2 aliphatic rings. The first kappa shape index (κ1) is 21.3. The molecular weight excluding hydrogens is 393 g/mol. The van der Waals surface area contributed by atoms with E-state index in [1.54, 1.807) is 12.3 Å². The van der Waals surface area contributed by atoms with Gasteiger partial charge in [-0.25, -0.2) is 4.39 Å². The first-order valence-corrected chi connectivity index (χ1v) is 10.8. The quantitative estimate of drug-likeness (QED) is 0.747. The summed E-state index contributed by atoms with van der Waals surface area (Å²) in [6.45, 7) is 5.21. The van der Waals surface area contributed by atoms with Crippen molar-refractivity contribution >= 4 is 11.6 Å². The first-order valence-electron chi connectivity index (χ1n) is 10.8. The van der Waals surface area contributed by atoms with Crippen LogP contribution in [0.4, 0.5) is 4.39 Å². The van der Waals surface area contributed by atoms with Crippen molar-refractivity contribution < 1.29 is 9.18 Å². The highest BCUT2D eigenvalue weighted by Gasteiger charge is 2.25. The number of rotatable bonds is 7. The van der Waals surface area contributed by atoms with Crippen LogP contribution in [-0.4, -0.2) is 72.2 Å². The number of dihydropyridines is 1. The highest BCUT2D eigenvalue weighted by Crippen LogP contribution is 2.17. The summed E-state index contributed by atoms with van der Waals surface area (Å²) in [5.41, 5.74) is 2.58. The molecule has 3 heterocycles. The van der Waals surface area contributed by atoms with Gasteiger partial charge in [-0.05, 0) is 42.3 Å². The zero-order chi connectivity index (χ0) is 21.5. The van der Waals surface area contributed by atoms with Gasteiger partial charge in [-0.2, -0.15) is 0 Å². The molecule has 1 unspecified atom stereocenters. The van der Waals surface area contributed by atoms with E-state index in [1.165, 1.54) is 12.1 Å². The maximum atomic E-state index is 13.4. The Morgan fingerprint density at radius 1 is 1.10 bits per heavy atom. The molecule has 0 aliphatic carbocycles. The van der Waals surface area contributed by atoms with Gasteiger partial charge in [0.1, 0.15) is 11.5 Å². The number of aliphatic imine (C=N–C) groups is 1. The monoisotopic (exact) mass is 421 g/mol. The molecule has 1 amide bonds. The van der Waals surface area contributed by atoms with Crippen molar-refractivity contribution in [2.24, 2.45) is 4.99 Å². The second kappa shape index (κ2) is 10.4. The molecule has 0 radical (unpaired) electrons. The fraction of sp³-hybridized carbons (Fsp3) is 0.375. The number of hydrogen-bond acceptors (Lipinski definition) is 5. The van der Waals surface area contributed by atoms with Crippen LogP contribution in [0.1, 0.15) is 28.5 Å². The lowest BCUT2D eigenvalue weighted by Gasteiger charge is -2.36. The summed E-state index contributed by atoms with van der Waals surface area (Å²) in [6, 6.07) is 12.1. The van der Waals surface area contributed by atoms with Gasteiger partial charge in [-0.1, -0.05) is 24.3 Å². The van der Waals surface area contributed by atoms with Crippen molar-refractivity contribution in [3.63, 3.8) is 0 Å². The van der Waals surface area contributed by atoms with E-state index in [0.29, 0.717) is 25.3 Å². The van der Waals surface area contributed by atoms with E-state index in [2.05, 4.69) is 32.3 Å². The summed E-state index contributed by atoms with van der Waals surface area (Å²) >= 11 is 0. The molecule has 2 aliphatic heterocycles. The Morgan fingerprint density at radius 2 is 1.90 bits per heavy atom. The van der Waals surface area contributed by atoms with Gasteiger partial charge in [0.05, 0.1) is 0 Å². The van der Waals surface area contributed by atoms with Crippen molar-refractivity contribution in [3.05, 3.63) is 77.9 Å². The van der Waals surface area contributed by atoms with E-state index in [9.17, 15) is 9.18 Å². The fourth-order valence-electron chi connectivity index (χ4n) is 3.92. The van der Waals surface area contributed by atoms with E-state index < -0.39 is 0 Å². The Morgan fingerprint density at radius 3 is 2.58 bits per heavy atom. The van der Waals surface area contributed by atoms with Gasteiger partial charge in [0.15, 0.2) is 0 Å². The molecule has 4 rings (SSSR count). The van der Waals surface area contributed by atoms with Gasteiger partial charge in [0.2, 0.25) is 0 Å². The molecule has 1 saturated heterocycles. The van der Waals surface area contributed by atoms with E-state index in [0.717, 1.165) is 43.9 Å². The number of carbonyl (C=O) groups excluding carboxylic acids is 1. The summed E-state index contributed by atoms with van der Waals surface area (Å²) in [7, 11) is 0. The minimum Gasteiger partial charge on any atom is -0.335 e. The van der Waals surface area contributed by atoms with Crippen LogP contribution in [0, 0.1) is 5.82 Å². The Balaban J connectivity index is 1.36. The Hall–Kier alpha value is -2.90. The molecule has 1 fully saturated rings. The summed E-state index contributed by atoms with van der Waals surface area (Å²) in [5, 5.41) is 3.60. The van der Waals surface area contributed by atoms with E-state index in [1.807, 2.05) is 29.2 Å². The molecule has 1 atom stereocenters. The van der Waals surface area contributed by atoms with Crippen LogP contribution in [0.25, 0.3) is 0 Å². The van der Waals surface area contributed by atoms with E-state index in [-0.39, 0.29) is 17.8 Å². The van der Waals surface area contributed by atoms with E-state index >= 15 is 0 Å². The number of amides is 1. The van der Waals surface area contributed by atoms with Gasteiger partial charge in [-0.15, -0.1) is 0 Å². The lowest BCUT2D eigenvalue weighted by molar-refractivity contribution is 0.0620. The maximum Gasteiger partial charge on any atom is 0.272 e. The van der Waals surface area contributed by atoms with Crippen LogP contribution in [-0.2, 0) is 0 Å². The zero-order valence-electron chi connectivity index (χ0n) is 17.6. The van der Waals surface area contributed by atoms with Gasteiger partial charge in [0, 0.05) is 63.8 Å². The van der Waals surface area contributed by atoms with Crippen molar-refractivity contribution in [2.45, 2.75) is 12.5 Å². The smallest absolute Gasteiger partial charge is 0.272 e. The minimum atomic E-state index is -0.233. The van der Waals surface area contributed by atoms with E-state index in [4.69, 9.17) is 0 Å². The molecular formula is C24H28FN5O. The van der Waals surface area contributed by atoms with Crippen molar-refractivity contribution in [1.29, 1.82) is 0 Å². The van der Waals surface area contributed by atoms with Gasteiger partial charge in [-0.3, -0.25) is 19.7 Å². The predicted octanol–water partition coefficient (Wildman–Crippen LogP) is 2.71. The average molecular weight is 422 g/mol. The number of pyridine rings is 1. The largest absolute Gasteiger partial charge is 0.335 e. The normalized spacial score (nSPS) is 18.0. The molecule has 6 nitrogen and oxygen atoms in total. The third kappa shape index (κ3) is 5.83. The molecule has 1 aromatic heterocycles. The zero-order valence-corrected chi connectivity index (χ0v) is 17.6. The summed E-state index contributed by atoms with van der Waals surface area (Å²) in [5.74, 6) is -0.251. The topological polar surface area (TPSA) is 60.8 Å². The van der Waals surface area contributed by atoms with Crippen LogP contribution >= 0.6 is 0 Å². The number of aromatic nitrogens is 1. The molecule has 1 aromatic carbocycles. The summed E-state index contributed by atoms with van der Waals surface area (Å²) in [4.78, 5) is 25.6. The highest BCUT2D eigenvalue weighted by atomic mass is 19.1. The van der Waals surface area contributed by atoms with Crippen LogP contribution in [0.15, 0.2) is 65.8 Å². The number of hydrogen-bond donors (Lipinski definition) is 1. The number of piperazine rings is 1. The van der Waals surface area contributed by atoms with Gasteiger partial charge >= 0.3 is 0 Å². The second-order valence-electron chi connectivity index (χ2n) is 7.86. The number of nitrogens with one attached hydrogen (secondary N) is 1. The highest BCUT2D eigenvalue weighted by molar-refractivity contribution is 5.97. The number of nitrogens with zero attached hydrogens (tertiary/aromatic N) is 4. The number of halogens is 1. The number of benzene rings is 1. The second-order valence-corrected chi connectivity index (χ2v) is 7.86. The van der Waals surface area contributed by atoms with Crippen molar-refractivity contribution in [2.75, 3.05) is 45.8 Å². The lowest BCUT2D eigenvalue weighted by Crippen LogP contribution is -2.50. The maximum absolute atomic E-state index is 13.4. The van der Waals surface area contributed by atoms with Crippen LogP contribution in [0.3, 0.4) is 0 Å². The predicted molar refractivity (Wildman–Crippen MR) is 120 cm³/mol. The SMILES string of the molecule is O=C(c1ccccn1)N1CCN(CC(NCC2=NCCC=C2)c2ccc(F)cc2)CC1. The molecule has 0 spiro atoms. The molecule has 162 valence electrons. The summed E-state index contributed by atoms with van der Waals surface area (Å²) < 4.78 is 13.4. The Labute approximate surface area is 182 Å². The molecule has 2 aromatic rings. The molecule has 0 saturated carbocycles. The Kier molecular flexibility index (Phi) is 7.17.